The van der Waals surface area contributed by atoms with E-state index in [9.17, 15) is 42.4 Å². The number of aliphatic carboxylic acids is 2. The van der Waals surface area contributed by atoms with Gasteiger partial charge in [0.2, 0.25) is 0 Å². The van der Waals surface area contributed by atoms with Gasteiger partial charge < -0.3 is 29.4 Å². The second-order valence-corrected chi connectivity index (χ2v) is 15.8. The SMILES string of the molecule is COc1cc2c(cc1C)N(CCCS(=O)(=O)[O-])C(=CC=C(C=c1s/c(=C3/SC(=S)N(CC(=O)O)C3=O)n(CC(=O)O)c1=O)c1ccc[nH]1)S2. The van der Waals surface area contributed by atoms with Gasteiger partial charge in [-0.25, -0.2) is 8.42 Å². The van der Waals surface area contributed by atoms with Crippen LogP contribution in [0.1, 0.15) is 17.7 Å². The van der Waals surface area contributed by atoms with Crippen LogP contribution in [0.2, 0.25) is 0 Å². The largest absolute Gasteiger partial charge is 0.748 e. The van der Waals surface area contributed by atoms with Crippen molar-refractivity contribution in [2.24, 2.45) is 0 Å². The van der Waals surface area contributed by atoms with Crippen LogP contribution in [-0.2, 0) is 31.0 Å². The topological polar surface area (TPSA) is 202 Å². The average Bonchev–Trinajstić information content (AvgIpc) is 3.79. The number of thioether (sulfide) groups is 2. The molecule has 0 atom stereocenters. The molecule has 0 spiro atoms. The number of anilines is 1. The molecule has 14 nitrogen and oxygen atoms in total. The average molecular weight is 764 g/mol. The summed E-state index contributed by atoms with van der Waals surface area (Å²) in [6.45, 7) is 0.671. The fourth-order valence-electron chi connectivity index (χ4n) is 5.00. The van der Waals surface area contributed by atoms with E-state index in [0.29, 0.717) is 22.0 Å². The highest BCUT2D eigenvalue weighted by atomic mass is 32.2. The van der Waals surface area contributed by atoms with E-state index in [0.717, 1.165) is 48.7 Å². The molecule has 4 heterocycles. The molecule has 3 aromatic rings. The number of nitrogens with one attached hydrogen (secondary N) is 1. The zero-order valence-corrected chi connectivity index (χ0v) is 29.8. The molecule has 1 amide bonds. The van der Waals surface area contributed by atoms with E-state index in [1.807, 2.05) is 24.0 Å². The highest BCUT2D eigenvalue weighted by Crippen LogP contribution is 2.48. The van der Waals surface area contributed by atoms with Gasteiger partial charge in [-0.2, -0.15) is 0 Å². The quantitative estimate of drug-likeness (QED) is 0.178. The first-order chi connectivity index (χ1) is 23.2. The lowest BCUT2D eigenvalue weighted by Crippen LogP contribution is -2.36. The van der Waals surface area contributed by atoms with Gasteiger partial charge in [0, 0.05) is 29.1 Å². The molecule has 19 heteroatoms. The number of hydrogen-bond donors (Lipinski definition) is 3. The molecule has 0 bridgehead atoms. The molecule has 3 N–H and O–H groups in total. The Morgan fingerprint density at radius 2 is 1.86 bits per heavy atom. The van der Waals surface area contributed by atoms with Crippen molar-refractivity contribution < 1.29 is 42.3 Å². The van der Waals surface area contributed by atoms with E-state index in [2.05, 4.69) is 4.98 Å². The number of methoxy groups -OCH3 is 1. The minimum absolute atomic E-state index is 0.0266. The van der Waals surface area contributed by atoms with E-state index >= 15 is 0 Å². The Hall–Kier alpha value is -4.14. The van der Waals surface area contributed by atoms with E-state index in [1.165, 1.54) is 11.8 Å². The number of carbonyl (C=O) groups is 3. The zero-order valence-electron chi connectivity index (χ0n) is 25.7. The third kappa shape index (κ3) is 8.19. The third-order valence-corrected chi connectivity index (χ3v) is 11.8. The molecule has 0 saturated carbocycles. The number of thiazole rings is 1. The first-order valence-corrected chi connectivity index (χ1v) is 18.7. The number of carboxylic acid groups (broad SMARTS) is 2. The summed E-state index contributed by atoms with van der Waals surface area (Å²) >= 11 is 8.26. The van der Waals surface area contributed by atoms with Crippen LogP contribution in [0, 0.1) is 6.92 Å². The molecule has 1 saturated heterocycles. The monoisotopic (exact) mass is 763 g/mol. The van der Waals surface area contributed by atoms with Crippen molar-refractivity contribution in [2.75, 3.05) is 30.9 Å². The van der Waals surface area contributed by atoms with Gasteiger partial charge >= 0.3 is 11.9 Å². The number of thiocarbonyl (C=S) groups is 1. The summed E-state index contributed by atoms with van der Waals surface area (Å²) in [7, 11) is -2.87. The minimum atomic E-state index is -4.43. The number of aryl methyl sites for hydroxylation is 1. The molecular formula is C30H27N4O10S5-. The maximum Gasteiger partial charge on any atom is 0.323 e. The van der Waals surface area contributed by atoms with Crippen LogP contribution in [0.25, 0.3) is 16.6 Å². The normalized spacial score (nSPS) is 17.4. The molecule has 49 heavy (non-hydrogen) atoms. The number of rotatable bonds is 12. The molecule has 0 aliphatic carbocycles. The Balaban J connectivity index is 1.64. The molecule has 0 unspecified atom stereocenters. The Labute approximate surface area is 296 Å². The standard InChI is InChI=1S/C30H28N4O10S5/c1-16-11-19-21(13-20(16)44-2)46-23(32(19)9-4-10-49(41,42)43)7-6-17(18-5-3-8-31-18)12-22-27(39)33(14-24(35)36)29(47-22)26-28(40)34(15-25(37)38)30(45)48-26/h3,5-8,11-13,31H,4,9-10,14-15H2,1-2H3,(H,35,36)(H,37,38)(H,41,42,43)/p-1/b17-6?,22-12?,23-7?,29-26+. The summed E-state index contributed by atoms with van der Waals surface area (Å²) < 4.78 is 40.5. The van der Waals surface area contributed by atoms with Crippen molar-refractivity contribution in [2.45, 2.75) is 24.8 Å². The van der Waals surface area contributed by atoms with E-state index in [4.69, 9.17) is 17.0 Å². The van der Waals surface area contributed by atoms with Crippen LogP contribution >= 0.6 is 47.1 Å². The van der Waals surface area contributed by atoms with Gasteiger partial charge in [0.1, 0.15) is 32.7 Å². The van der Waals surface area contributed by atoms with Gasteiger partial charge in [-0.3, -0.25) is 28.6 Å². The molecule has 2 aromatic heterocycles. The summed E-state index contributed by atoms with van der Waals surface area (Å²) in [4.78, 5) is 56.5. The number of hydrogen-bond acceptors (Lipinski definition) is 13. The van der Waals surface area contributed by atoms with Crippen LogP contribution in [0.3, 0.4) is 0 Å². The summed E-state index contributed by atoms with van der Waals surface area (Å²) in [5.41, 5.74) is 2.10. The zero-order chi connectivity index (χ0) is 35.6. The van der Waals surface area contributed by atoms with E-state index < -0.39 is 52.4 Å². The fourth-order valence-corrected chi connectivity index (χ4v) is 9.09. The molecular weight excluding hydrogens is 737 g/mol. The van der Waals surface area contributed by atoms with Gasteiger partial charge in [-0.1, -0.05) is 41.8 Å². The fraction of sp³-hybridized carbons (Fsp3) is 0.233. The van der Waals surface area contributed by atoms with E-state index in [-0.39, 0.29) is 31.4 Å². The summed E-state index contributed by atoms with van der Waals surface area (Å²) in [5.74, 6) is -3.23. The summed E-state index contributed by atoms with van der Waals surface area (Å²) in [6, 6.07) is 7.30. The summed E-state index contributed by atoms with van der Waals surface area (Å²) in [5, 5.41) is 19.5. The predicted molar refractivity (Wildman–Crippen MR) is 190 cm³/mol. The molecule has 1 fully saturated rings. The highest BCUT2D eigenvalue weighted by Gasteiger charge is 2.35. The van der Waals surface area contributed by atoms with Crippen LogP contribution in [0.5, 0.6) is 5.75 Å². The second-order valence-electron chi connectivity index (χ2n) is 10.6. The van der Waals surface area contributed by atoms with E-state index in [1.54, 1.807) is 43.7 Å². The van der Waals surface area contributed by atoms with Crippen molar-refractivity contribution in [3.63, 3.8) is 0 Å². The van der Waals surface area contributed by atoms with Crippen LogP contribution in [-0.4, -0.2) is 85.8 Å². The number of aromatic amines is 1. The number of nitrogens with zero attached hydrogens (tertiary/aromatic N) is 3. The molecule has 5 rings (SSSR count). The first-order valence-electron chi connectivity index (χ1n) is 14.2. The molecule has 2 aliphatic heterocycles. The number of carboxylic acids is 2. The van der Waals surface area contributed by atoms with Gasteiger partial charge in [-0.05, 0) is 60.9 Å². The molecule has 0 radical (unpaired) electrons. The van der Waals surface area contributed by atoms with Gasteiger partial charge in [0.05, 0.1) is 32.5 Å². The van der Waals surface area contributed by atoms with Crippen molar-refractivity contribution in [1.29, 1.82) is 0 Å². The highest BCUT2D eigenvalue weighted by molar-refractivity contribution is 8.30. The maximum atomic E-state index is 13.6. The molecule has 1 aromatic carbocycles. The Morgan fingerprint density at radius 3 is 2.49 bits per heavy atom. The number of benzene rings is 1. The van der Waals surface area contributed by atoms with Crippen LogP contribution in [0.15, 0.2) is 57.3 Å². The number of fused-ring (bicyclic) bond motifs is 1. The Kier molecular flexibility index (Phi) is 10.9. The second kappa shape index (κ2) is 14.8. The lowest BCUT2D eigenvalue weighted by molar-refractivity contribution is -0.140. The van der Waals surface area contributed by atoms with Gasteiger partial charge in [-0.15, -0.1) is 11.3 Å². The number of ether oxygens (including phenoxy) is 1. The smallest absolute Gasteiger partial charge is 0.323 e. The maximum absolute atomic E-state index is 13.6. The van der Waals surface area contributed by atoms with Crippen molar-refractivity contribution in [1.82, 2.24) is 14.5 Å². The number of carbonyl (C=O) groups excluding carboxylic acids is 1. The predicted octanol–water partition coefficient (Wildman–Crippen LogP) is 1.95. The Morgan fingerprint density at radius 1 is 1.12 bits per heavy atom. The number of amides is 1. The van der Waals surface area contributed by atoms with Crippen molar-refractivity contribution in [3.8, 4) is 5.75 Å². The molecule has 258 valence electrons. The van der Waals surface area contributed by atoms with Crippen molar-refractivity contribution in [3.05, 3.63) is 78.4 Å². The lowest BCUT2D eigenvalue weighted by Gasteiger charge is -2.21. The van der Waals surface area contributed by atoms with Gasteiger partial charge in [0.25, 0.3) is 11.5 Å². The van der Waals surface area contributed by atoms with Gasteiger partial charge in [0.15, 0.2) is 0 Å². The molecule has 2 aliphatic rings. The number of allylic oxidation sites excluding steroid dienone is 3. The van der Waals surface area contributed by atoms with Crippen molar-refractivity contribution >= 4 is 102 Å². The minimum Gasteiger partial charge on any atom is -0.748 e. The number of aromatic nitrogens is 2. The first kappa shape index (κ1) is 36.1. The Bertz CT molecular complexity index is 2220. The summed E-state index contributed by atoms with van der Waals surface area (Å²) in [6.07, 6.45) is 6.82. The van der Waals surface area contributed by atoms with Crippen LogP contribution in [0.4, 0.5) is 5.69 Å². The van der Waals surface area contributed by atoms with Crippen LogP contribution < -0.4 is 24.4 Å². The lowest BCUT2D eigenvalue weighted by atomic mass is 10.1. The third-order valence-electron chi connectivity index (χ3n) is 7.16. The number of H-pyrrole nitrogens is 1.